The lowest BCUT2D eigenvalue weighted by Crippen LogP contribution is -2.61. The largest absolute Gasteiger partial charge is 0.460 e. The van der Waals surface area contributed by atoms with E-state index in [0.717, 1.165) is 11.1 Å². The van der Waals surface area contributed by atoms with Crippen LogP contribution in [0.1, 0.15) is 131 Å². The Balaban J connectivity index is 1.43. The van der Waals surface area contributed by atoms with Crippen molar-refractivity contribution in [3.05, 3.63) is 77.7 Å². The number of esters is 2. The van der Waals surface area contributed by atoms with Crippen molar-refractivity contribution in [3.8, 4) is 0 Å². The van der Waals surface area contributed by atoms with Crippen molar-refractivity contribution in [2.45, 2.75) is 194 Å². The Hall–Kier alpha value is -4.71. The summed E-state index contributed by atoms with van der Waals surface area (Å²) in [4.78, 5) is 85.7. The quantitative estimate of drug-likeness (QED) is 0.110. The first kappa shape index (κ1) is 61.1. The van der Waals surface area contributed by atoms with Crippen LogP contribution in [0.5, 0.6) is 0 Å². The molecule has 2 N–H and O–H groups in total. The number of ketones is 3. The second-order valence-electron chi connectivity index (χ2n) is 22.1. The molecule has 4 aliphatic rings. The number of nitrogens with zero attached hydrogens (tertiary/aromatic N) is 2. The molecule has 416 valence electrons. The second kappa shape index (κ2) is 28.6. The number of carbonyl (C=O) groups is 6. The van der Waals surface area contributed by atoms with Gasteiger partial charge in [0.25, 0.3) is 11.7 Å². The van der Waals surface area contributed by atoms with Gasteiger partial charge in [0.15, 0.2) is 18.2 Å². The number of carbonyl (C=O) groups excluding carboxylic acids is 6. The van der Waals surface area contributed by atoms with E-state index in [0.29, 0.717) is 69.8 Å². The smallest absolute Gasteiger partial charge is 0.373 e. The lowest BCUT2D eigenvalue weighted by molar-refractivity contribution is -0.686. The first-order valence-electron chi connectivity index (χ1n) is 27.2. The highest BCUT2D eigenvalue weighted by atomic mass is 16.6. The molecule has 0 spiro atoms. The topological polar surface area (TPSA) is 205 Å². The van der Waals surface area contributed by atoms with Gasteiger partial charge in [0.2, 0.25) is 12.3 Å². The van der Waals surface area contributed by atoms with Gasteiger partial charge in [-0.05, 0) is 119 Å². The van der Waals surface area contributed by atoms with E-state index in [1.54, 1.807) is 45.6 Å². The van der Waals surface area contributed by atoms with Gasteiger partial charge in [-0.25, -0.2) is 9.59 Å². The molecule has 3 fully saturated rings. The average molecular weight is 1050 g/mol. The normalized spacial score (nSPS) is 36.5. The Morgan fingerprint density at radius 3 is 2.25 bits per heavy atom. The third kappa shape index (κ3) is 16.6. The van der Waals surface area contributed by atoms with Crippen LogP contribution in [0.25, 0.3) is 0 Å². The van der Waals surface area contributed by atoms with Crippen LogP contribution in [-0.4, -0.2) is 133 Å². The summed E-state index contributed by atoms with van der Waals surface area (Å²) < 4.78 is 37.6. The Bertz CT molecular complexity index is 2240. The van der Waals surface area contributed by atoms with Crippen LogP contribution in [0, 0.1) is 42.4 Å². The lowest BCUT2D eigenvalue weighted by Gasteiger charge is -2.42. The van der Waals surface area contributed by atoms with E-state index in [4.69, 9.17) is 28.4 Å². The number of pyridine rings is 1. The molecule has 5 rings (SSSR count). The maximum atomic E-state index is 14.6. The van der Waals surface area contributed by atoms with Gasteiger partial charge in [-0.1, -0.05) is 71.1 Å². The van der Waals surface area contributed by atoms with E-state index < -0.39 is 95.9 Å². The number of Topliss-reactive ketones (excluding diaryl/α,β-unsaturated/α-hetero) is 3. The zero-order valence-corrected chi connectivity index (χ0v) is 46.4. The van der Waals surface area contributed by atoms with E-state index in [2.05, 4.69) is 0 Å². The number of hydrogen-bond acceptors (Lipinski definition) is 14. The van der Waals surface area contributed by atoms with Crippen molar-refractivity contribution < 1.29 is 72.0 Å². The number of ether oxygens (including phenoxy) is 6. The zero-order valence-electron chi connectivity index (χ0n) is 46.4. The fourth-order valence-corrected chi connectivity index (χ4v) is 11.2. The molecular formula is C59H87N2O14+. The summed E-state index contributed by atoms with van der Waals surface area (Å²) in [5, 5.41) is 23.6. The van der Waals surface area contributed by atoms with Crippen LogP contribution in [0.3, 0.4) is 0 Å². The molecule has 0 aromatic carbocycles. The predicted molar refractivity (Wildman–Crippen MR) is 280 cm³/mol. The van der Waals surface area contributed by atoms with Crippen molar-refractivity contribution in [2.24, 2.45) is 35.5 Å². The minimum atomic E-state index is -2.45. The number of amides is 1. The first-order chi connectivity index (χ1) is 35.6. The molecule has 16 heteroatoms. The zero-order chi connectivity index (χ0) is 55.1. The number of hydrogen-bond donors (Lipinski definition) is 2. The molecule has 1 amide bonds. The van der Waals surface area contributed by atoms with Crippen LogP contribution < -0.4 is 4.57 Å². The Morgan fingerprint density at radius 1 is 0.853 bits per heavy atom. The van der Waals surface area contributed by atoms with Crippen molar-refractivity contribution in [1.82, 2.24) is 4.90 Å². The summed E-state index contributed by atoms with van der Waals surface area (Å²) in [6.45, 7) is 14.7. The number of fused-ring (bicyclic) bond motifs is 3. The van der Waals surface area contributed by atoms with Crippen LogP contribution in [0.4, 0.5) is 0 Å². The lowest BCUT2D eigenvalue weighted by atomic mass is 9.78. The van der Waals surface area contributed by atoms with Gasteiger partial charge >= 0.3 is 11.9 Å². The summed E-state index contributed by atoms with van der Waals surface area (Å²) in [6.07, 6.45) is 14.5. The SMILES string of the molecule is CO[C@H]1C[C@@H]2CC[C@@H](C)[C@@](O)(O2)C(=O)C(=O)N2CCCC[C@H]2C(=O)O[C@H]([C@H](C)C[C@@H]2CC[C@@H](OC(=O)C[n+]3ccc(C)cc3)[C@H](OC)C2)CC(=O)[C@H](C)/C=C(\C)[C@@H](O)[C@@H](OC)C(=O)[C@H](C)C[C@H](C)/C=C/C=C/C=C/1C. The molecule has 2 saturated heterocycles. The van der Waals surface area contributed by atoms with Gasteiger partial charge in [-0.15, -0.1) is 0 Å². The van der Waals surface area contributed by atoms with Crippen molar-refractivity contribution in [1.29, 1.82) is 0 Å². The Morgan fingerprint density at radius 2 is 1.57 bits per heavy atom. The molecule has 1 aliphatic carbocycles. The molecule has 2 bridgehead atoms. The second-order valence-corrected chi connectivity index (χ2v) is 22.1. The number of cyclic esters (lactones) is 1. The number of rotatable bonds is 9. The molecule has 16 nitrogen and oxygen atoms in total. The standard InChI is InChI=1S/C59H87N2O14/c1-36-24-27-60(28-25-36)35-52(63)73-48-23-21-44(32-51(48)71-10)31-40(5)50-34-47(62)39(4)30-42(7)54(65)55(72-11)53(64)41(6)29-37(2)17-13-12-14-18-38(3)49(70-9)33-45-22-20-43(8)59(69,75-45)56(66)57(67)61-26-16-15-19-46(61)58(68)74-50/h12-14,17-18,24-25,27-28,30,37,39-41,43-46,48-51,54-55,65,69H,15-16,19-23,26,29,31-35H2,1-11H3/q+1/b14-12+,17-13+,38-18+,42-30+/t37-,39-,40-,41-,43-,44+,45+,46+,48-,49+,50+,51-,54-,55+,59-/m1/s1. The fourth-order valence-electron chi connectivity index (χ4n) is 11.2. The van der Waals surface area contributed by atoms with E-state index >= 15 is 0 Å². The number of allylic oxidation sites excluding steroid dienone is 6. The number of aryl methyl sites for hydroxylation is 1. The molecule has 1 saturated carbocycles. The number of aliphatic hydroxyl groups excluding tert-OH is 1. The highest BCUT2D eigenvalue weighted by Crippen LogP contribution is 2.38. The third-order valence-corrected chi connectivity index (χ3v) is 16.1. The van der Waals surface area contributed by atoms with Gasteiger partial charge in [0, 0.05) is 70.6 Å². The Labute approximate surface area is 445 Å². The van der Waals surface area contributed by atoms with Crippen molar-refractivity contribution >= 4 is 35.2 Å². The maximum Gasteiger partial charge on any atom is 0.373 e. The minimum Gasteiger partial charge on any atom is -0.460 e. The monoisotopic (exact) mass is 1050 g/mol. The molecule has 75 heavy (non-hydrogen) atoms. The third-order valence-electron chi connectivity index (χ3n) is 16.1. The van der Waals surface area contributed by atoms with Crippen LogP contribution in [-0.2, 0) is 63.7 Å². The van der Waals surface area contributed by atoms with Gasteiger partial charge < -0.3 is 43.5 Å². The van der Waals surface area contributed by atoms with E-state index in [1.165, 1.54) is 12.0 Å². The molecule has 1 aromatic heterocycles. The van der Waals surface area contributed by atoms with Crippen molar-refractivity contribution in [2.75, 3.05) is 27.9 Å². The van der Waals surface area contributed by atoms with E-state index in [9.17, 15) is 39.0 Å². The molecular weight excluding hydrogens is 961 g/mol. The number of methoxy groups -OCH3 is 3. The van der Waals surface area contributed by atoms with Crippen LogP contribution in [0.2, 0.25) is 0 Å². The molecule has 4 heterocycles. The highest BCUT2D eigenvalue weighted by Gasteiger charge is 2.53. The average Bonchev–Trinajstić information content (AvgIpc) is 3.38. The summed E-state index contributed by atoms with van der Waals surface area (Å²) in [5.74, 6) is -8.66. The molecule has 15 atom stereocenters. The van der Waals surface area contributed by atoms with E-state index in [-0.39, 0.29) is 55.3 Å². The highest BCUT2D eigenvalue weighted by molar-refractivity contribution is 6.39. The van der Waals surface area contributed by atoms with E-state index in [1.807, 2.05) is 89.5 Å². The first-order valence-corrected chi connectivity index (χ1v) is 27.2. The van der Waals surface area contributed by atoms with Gasteiger partial charge in [-0.2, -0.15) is 4.57 Å². The molecule has 3 aliphatic heterocycles. The molecule has 1 aromatic rings. The number of aromatic nitrogens is 1. The Kier molecular flexibility index (Phi) is 23.3. The summed E-state index contributed by atoms with van der Waals surface area (Å²) >= 11 is 0. The number of aliphatic hydroxyl groups is 2. The fraction of sp³-hybridized carbons (Fsp3) is 0.678. The van der Waals surface area contributed by atoms with Gasteiger partial charge in [0.1, 0.15) is 36.2 Å². The number of piperidine rings is 1. The summed E-state index contributed by atoms with van der Waals surface area (Å²) in [5.41, 5.74) is 2.32. The van der Waals surface area contributed by atoms with Crippen molar-refractivity contribution in [3.63, 3.8) is 0 Å². The minimum absolute atomic E-state index is 0.00444. The molecule has 0 unspecified atom stereocenters. The van der Waals surface area contributed by atoms with Crippen LogP contribution >= 0.6 is 0 Å². The maximum absolute atomic E-state index is 14.6. The van der Waals surface area contributed by atoms with Gasteiger partial charge in [0.05, 0.1) is 18.3 Å². The predicted octanol–water partition coefficient (Wildman–Crippen LogP) is 7.03. The van der Waals surface area contributed by atoms with Gasteiger partial charge in [-0.3, -0.25) is 19.2 Å². The van der Waals surface area contributed by atoms with Crippen LogP contribution in [0.15, 0.2) is 72.1 Å². The summed E-state index contributed by atoms with van der Waals surface area (Å²) in [6, 6.07) is 2.66. The molecule has 0 radical (unpaired) electrons. The summed E-state index contributed by atoms with van der Waals surface area (Å²) in [7, 11) is 4.54.